The number of carboxylic acid groups (broad SMARTS) is 1. The predicted octanol–water partition coefficient (Wildman–Crippen LogP) is 0.489. The van der Waals surface area contributed by atoms with Gasteiger partial charge in [0.1, 0.15) is 12.3 Å². The fourth-order valence-electron chi connectivity index (χ4n) is 1.74. The molecule has 0 unspecified atom stereocenters. The van der Waals surface area contributed by atoms with Crippen LogP contribution in [0.1, 0.15) is 17.5 Å². The minimum atomic E-state index is -1.15. The predicted molar refractivity (Wildman–Crippen MR) is 79.0 cm³/mol. The molecule has 1 amide bonds. The molecule has 0 atom stereocenters. The summed E-state index contributed by atoms with van der Waals surface area (Å²) in [4.78, 5) is 26.3. The topological polar surface area (TPSA) is 116 Å². The van der Waals surface area contributed by atoms with Gasteiger partial charge >= 0.3 is 12.0 Å². The average molecular weight is 320 g/mol. The molecule has 0 spiro atoms. The molecular weight excluding hydrogens is 304 g/mol. The van der Waals surface area contributed by atoms with Gasteiger partial charge in [-0.2, -0.15) is 9.67 Å². The van der Waals surface area contributed by atoms with Crippen molar-refractivity contribution in [3.05, 3.63) is 30.1 Å². The van der Waals surface area contributed by atoms with Gasteiger partial charge in [0.15, 0.2) is 0 Å². The average Bonchev–Trinajstić information content (AvgIpc) is 2.97. The number of methoxy groups -OCH3 is 1. The first kappa shape index (κ1) is 16.3. The number of carbonyl (C=O) groups is 2. The van der Waals surface area contributed by atoms with E-state index in [-0.39, 0.29) is 11.8 Å². The van der Waals surface area contributed by atoms with Gasteiger partial charge < -0.3 is 19.9 Å². The number of nitrogens with one attached hydrogen (secondary N) is 1. The van der Waals surface area contributed by atoms with Gasteiger partial charge in [-0.15, -0.1) is 5.10 Å². The molecule has 9 heteroatoms. The highest BCUT2D eigenvalue weighted by Crippen LogP contribution is 2.19. The highest BCUT2D eigenvalue weighted by molar-refractivity contribution is 5.92. The number of ether oxygens (including phenoxy) is 2. The lowest BCUT2D eigenvalue weighted by Crippen LogP contribution is -2.30. The molecule has 0 aliphatic heterocycles. The van der Waals surface area contributed by atoms with E-state index in [0.717, 1.165) is 0 Å². The summed E-state index contributed by atoms with van der Waals surface area (Å²) < 4.78 is 11.8. The van der Waals surface area contributed by atoms with Crippen molar-refractivity contribution in [3.63, 3.8) is 0 Å². The summed E-state index contributed by atoms with van der Waals surface area (Å²) in [6, 6.07) is 7.07. The van der Waals surface area contributed by atoms with Crippen molar-refractivity contribution in [2.75, 3.05) is 20.3 Å². The Morgan fingerprint density at radius 1 is 1.30 bits per heavy atom. The van der Waals surface area contributed by atoms with Crippen molar-refractivity contribution >= 4 is 11.9 Å². The van der Waals surface area contributed by atoms with Crippen LogP contribution in [0.15, 0.2) is 24.3 Å². The molecule has 0 saturated carbocycles. The fourth-order valence-corrected chi connectivity index (χ4v) is 1.74. The number of hydrogen-bond acceptors (Lipinski definition) is 6. The van der Waals surface area contributed by atoms with Crippen LogP contribution in [0.5, 0.6) is 11.8 Å². The van der Waals surface area contributed by atoms with E-state index < -0.39 is 18.4 Å². The lowest BCUT2D eigenvalue weighted by molar-refractivity contribution is -0.135. The third-order valence-corrected chi connectivity index (χ3v) is 2.77. The van der Waals surface area contributed by atoms with Crippen molar-refractivity contribution in [2.24, 2.45) is 0 Å². The van der Waals surface area contributed by atoms with E-state index in [9.17, 15) is 9.59 Å². The summed E-state index contributed by atoms with van der Waals surface area (Å²) in [5.74, 6) is -1.35. The lowest BCUT2D eigenvalue weighted by Gasteiger charge is -2.06. The maximum atomic E-state index is 11.9. The zero-order chi connectivity index (χ0) is 16.8. The highest BCUT2D eigenvalue weighted by atomic mass is 16.5. The number of benzene rings is 1. The highest BCUT2D eigenvalue weighted by Gasteiger charge is 2.18. The minimum absolute atomic E-state index is 0.137. The molecule has 1 aromatic carbocycles. The summed E-state index contributed by atoms with van der Waals surface area (Å²) in [7, 11) is 1.56. The number of aromatic nitrogens is 3. The standard InChI is InChI=1S/C14H16N4O5/c1-3-23-14-16-12(13(21)15-8-11(19)20)17-18(14)9-4-6-10(22-2)7-5-9/h4-7H,3,8H2,1-2H3,(H,15,21)(H,19,20). The number of nitrogens with zero attached hydrogens (tertiary/aromatic N) is 3. The number of rotatable bonds is 7. The van der Waals surface area contributed by atoms with Gasteiger partial charge in [-0.05, 0) is 31.2 Å². The maximum absolute atomic E-state index is 11.9. The van der Waals surface area contributed by atoms with Crippen LogP contribution in [-0.2, 0) is 4.79 Å². The van der Waals surface area contributed by atoms with E-state index in [0.29, 0.717) is 18.0 Å². The Morgan fingerprint density at radius 2 is 2.00 bits per heavy atom. The molecule has 122 valence electrons. The summed E-state index contributed by atoms with van der Waals surface area (Å²) >= 11 is 0. The van der Waals surface area contributed by atoms with Crippen LogP contribution in [0.3, 0.4) is 0 Å². The SMILES string of the molecule is CCOc1nc(C(=O)NCC(=O)O)nn1-c1ccc(OC)cc1. The molecule has 1 heterocycles. The van der Waals surface area contributed by atoms with Gasteiger partial charge in [0, 0.05) is 0 Å². The molecule has 0 bridgehead atoms. The van der Waals surface area contributed by atoms with Crippen LogP contribution in [0.25, 0.3) is 5.69 Å². The third-order valence-electron chi connectivity index (χ3n) is 2.77. The number of carboxylic acids is 1. The van der Waals surface area contributed by atoms with Crippen molar-refractivity contribution in [3.8, 4) is 17.4 Å². The van der Waals surface area contributed by atoms with E-state index in [2.05, 4.69) is 15.4 Å². The molecule has 2 aromatic rings. The molecule has 1 aromatic heterocycles. The van der Waals surface area contributed by atoms with Crippen molar-refractivity contribution in [1.29, 1.82) is 0 Å². The minimum Gasteiger partial charge on any atom is -0.497 e. The Balaban J connectivity index is 2.30. The monoisotopic (exact) mass is 320 g/mol. The molecule has 0 aliphatic carbocycles. The molecule has 0 aliphatic rings. The van der Waals surface area contributed by atoms with Crippen molar-refractivity contribution < 1.29 is 24.2 Å². The van der Waals surface area contributed by atoms with Gasteiger partial charge in [-0.1, -0.05) is 0 Å². The molecule has 0 radical (unpaired) electrons. The second-order valence-electron chi connectivity index (χ2n) is 4.34. The van der Waals surface area contributed by atoms with Crippen LogP contribution in [0.2, 0.25) is 0 Å². The van der Waals surface area contributed by atoms with E-state index in [4.69, 9.17) is 14.6 Å². The van der Waals surface area contributed by atoms with Crippen molar-refractivity contribution in [2.45, 2.75) is 6.92 Å². The lowest BCUT2D eigenvalue weighted by atomic mass is 10.3. The van der Waals surface area contributed by atoms with E-state index in [1.807, 2.05) is 0 Å². The number of carbonyl (C=O) groups excluding carboxylic acids is 1. The van der Waals surface area contributed by atoms with Gasteiger partial charge in [0.2, 0.25) is 5.82 Å². The van der Waals surface area contributed by atoms with Crippen LogP contribution in [-0.4, -0.2) is 52.0 Å². The van der Waals surface area contributed by atoms with E-state index in [1.54, 1.807) is 38.3 Å². The van der Waals surface area contributed by atoms with Gasteiger partial charge in [-0.3, -0.25) is 9.59 Å². The van der Waals surface area contributed by atoms with Crippen LogP contribution in [0, 0.1) is 0 Å². The molecular formula is C14H16N4O5. The Bertz CT molecular complexity index is 696. The van der Waals surface area contributed by atoms with Crippen LogP contribution < -0.4 is 14.8 Å². The molecule has 2 rings (SSSR count). The number of amides is 1. The Hall–Kier alpha value is -3.10. The van der Waals surface area contributed by atoms with Crippen molar-refractivity contribution in [1.82, 2.24) is 20.1 Å². The first-order valence-electron chi connectivity index (χ1n) is 6.79. The van der Waals surface area contributed by atoms with Gasteiger partial charge in [0.05, 0.1) is 19.4 Å². The zero-order valence-electron chi connectivity index (χ0n) is 12.6. The van der Waals surface area contributed by atoms with Crippen LogP contribution in [0.4, 0.5) is 0 Å². The van der Waals surface area contributed by atoms with E-state index in [1.165, 1.54) is 4.68 Å². The largest absolute Gasteiger partial charge is 0.497 e. The normalized spacial score (nSPS) is 10.2. The quantitative estimate of drug-likeness (QED) is 0.762. The Kier molecular flexibility index (Phi) is 5.13. The Morgan fingerprint density at radius 3 is 2.57 bits per heavy atom. The third kappa shape index (κ3) is 3.96. The zero-order valence-corrected chi connectivity index (χ0v) is 12.6. The first-order valence-corrected chi connectivity index (χ1v) is 6.79. The van der Waals surface area contributed by atoms with Gasteiger partial charge in [0.25, 0.3) is 5.91 Å². The molecule has 9 nitrogen and oxygen atoms in total. The maximum Gasteiger partial charge on any atom is 0.322 e. The fraction of sp³-hybridized carbons (Fsp3) is 0.286. The van der Waals surface area contributed by atoms with Crippen LogP contribution >= 0.6 is 0 Å². The van der Waals surface area contributed by atoms with E-state index >= 15 is 0 Å². The second kappa shape index (κ2) is 7.25. The summed E-state index contributed by atoms with van der Waals surface area (Å²) in [6.07, 6.45) is 0. The van der Waals surface area contributed by atoms with Gasteiger partial charge in [-0.25, -0.2) is 0 Å². The summed E-state index contributed by atoms with van der Waals surface area (Å²) in [5.41, 5.74) is 0.624. The number of aliphatic carboxylic acids is 1. The molecule has 2 N–H and O–H groups in total. The summed E-state index contributed by atoms with van der Waals surface area (Å²) in [6.45, 7) is 1.60. The molecule has 0 saturated heterocycles. The molecule has 0 fully saturated rings. The molecule has 23 heavy (non-hydrogen) atoms. The Labute approximate surface area is 131 Å². The number of hydrogen-bond donors (Lipinski definition) is 2. The summed E-state index contributed by atoms with van der Waals surface area (Å²) in [5, 5.41) is 14.8. The smallest absolute Gasteiger partial charge is 0.322 e. The second-order valence-corrected chi connectivity index (χ2v) is 4.34. The first-order chi connectivity index (χ1) is 11.0.